The van der Waals surface area contributed by atoms with Gasteiger partial charge < -0.3 is 0 Å². The van der Waals surface area contributed by atoms with Crippen molar-refractivity contribution in [2.75, 3.05) is 26.2 Å². The number of thiazole rings is 1. The molecule has 3 nitrogen and oxygen atoms in total. The second kappa shape index (κ2) is 6.37. The minimum absolute atomic E-state index is 0.740. The van der Waals surface area contributed by atoms with Crippen molar-refractivity contribution in [3.05, 3.63) is 28.2 Å². The number of nitrogens with zero attached hydrogens (tertiary/aromatic N) is 3. The number of hydrogen-bond donors (Lipinski definition) is 0. The van der Waals surface area contributed by atoms with Crippen molar-refractivity contribution in [1.29, 1.82) is 0 Å². The minimum Gasteiger partial charge on any atom is -0.295 e. The van der Waals surface area contributed by atoms with E-state index in [1.54, 1.807) is 11.3 Å². The Labute approximate surface area is 126 Å². The molecule has 3 aliphatic rings. The van der Waals surface area contributed by atoms with Gasteiger partial charge in [-0.1, -0.05) is 11.6 Å². The van der Waals surface area contributed by atoms with Crippen LogP contribution >= 0.6 is 11.3 Å². The van der Waals surface area contributed by atoms with Gasteiger partial charge >= 0.3 is 0 Å². The lowest BCUT2D eigenvalue weighted by Gasteiger charge is -2.35. The molecular formula is C16H25N3S. The van der Waals surface area contributed by atoms with E-state index in [4.69, 9.17) is 0 Å². The van der Waals surface area contributed by atoms with Gasteiger partial charge in [-0.25, -0.2) is 4.98 Å². The molecule has 3 fully saturated rings. The Balaban J connectivity index is 1.64. The van der Waals surface area contributed by atoms with Gasteiger partial charge in [-0.2, -0.15) is 0 Å². The van der Waals surface area contributed by atoms with Crippen molar-refractivity contribution in [1.82, 2.24) is 14.8 Å². The van der Waals surface area contributed by atoms with Crippen molar-refractivity contribution in [3.8, 4) is 0 Å². The smallest absolute Gasteiger partial charge is 0.107 e. The Kier molecular flexibility index (Phi) is 4.54. The van der Waals surface area contributed by atoms with Crippen molar-refractivity contribution in [3.63, 3.8) is 0 Å². The Morgan fingerprint density at radius 2 is 2.25 bits per heavy atom. The normalized spacial score (nSPS) is 27.5. The lowest BCUT2D eigenvalue weighted by atomic mass is 9.95. The van der Waals surface area contributed by atoms with Gasteiger partial charge in [0.05, 0.1) is 6.54 Å². The standard InChI is InChI=1S/C16H25N3S/c1-13(2)5-7-19-10-14-3-4-15(19)11-18(9-14)12-16-17-6-8-20-16/h5-6,8,14-15H,3-4,7,9-12H2,1-2H3/t14-,15+/m1/s1. The molecule has 0 saturated carbocycles. The molecule has 1 aromatic heterocycles. The number of piperidine rings is 1. The van der Waals surface area contributed by atoms with Crippen LogP contribution in [0.2, 0.25) is 0 Å². The fraction of sp³-hybridized carbons (Fsp3) is 0.688. The highest BCUT2D eigenvalue weighted by molar-refractivity contribution is 7.09. The van der Waals surface area contributed by atoms with Crippen molar-refractivity contribution in [2.24, 2.45) is 5.92 Å². The highest BCUT2D eigenvalue weighted by Crippen LogP contribution is 2.28. The first kappa shape index (κ1) is 14.2. The third kappa shape index (κ3) is 3.48. The maximum absolute atomic E-state index is 4.44. The van der Waals surface area contributed by atoms with E-state index in [9.17, 15) is 0 Å². The molecule has 4 heterocycles. The van der Waals surface area contributed by atoms with E-state index in [1.165, 1.54) is 43.1 Å². The van der Waals surface area contributed by atoms with Gasteiger partial charge in [0.15, 0.2) is 0 Å². The predicted octanol–water partition coefficient (Wildman–Crippen LogP) is 3.01. The number of rotatable bonds is 4. The molecule has 3 saturated heterocycles. The maximum Gasteiger partial charge on any atom is 0.107 e. The van der Waals surface area contributed by atoms with Crippen LogP contribution in [-0.2, 0) is 6.54 Å². The molecule has 4 heteroatoms. The lowest BCUT2D eigenvalue weighted by Crippen LogP contribution is -2.43. The van der Waals surface area contributed by atoms with Crippen LogP contribution in [0.25, 0.3) is 0 Å². The lowest BCUT2D eigenvalue weighted by molar-refractivity contribution is 0.146. The van der Waals surface area contributed by atoms with Gasteiger partial charge in [-0.15, -0.1) is 11.3 Å². The van der Waals surface area contributed by atoms with Gasteiger partial charge in [0.2, 0.25) is 0 Å². The number of allylic oxidation sites excluding steroid dienone is 1. The van der Waals surface area contributed by atoms with E-state index in [1.807, 2.05) is 6.20 Å². The van der Waals surface area contributed by atoms with Crippen molar-refractivity contribution >= 4 is 11.3 Å². The predicted molar refractivity (Wildman–Crippen MR) is 84.9 cm³/mol. The Bertz CT molecular complexity index is 450. The Morgan fingerprint density at radius 3 is 3.00 bits per heavy atom. The summed E-state index contributed by atoms with van der Waals surface area (Å²) < 4.78 is 0. The SMILES string of the molecule is CC(C)=CCN1C[C@@H]2CC[C@H]1CN(Cc1nccs1)C2. The molecule has 0 spiro atoms. The molecule has 1 aromatic rings. The van der Waals surface area contributed by atoms with Gasteiger partial charge in [-0.3, -0.25) is 9.80 Å². The third-order valence-corrected chi connectivity index (χ3v) is 5.24. The van der Waals surface area contributed by atoms with Crippen LogP contribution in [0.4, 0.5) is 0 Å². The van der Waals surface area contributed by atoms with E-state index >= 15 is 0 Å². The van der Waals surface area contributed by atoms with E-state index in [0.29, 0.717) is 0 Å². The van der Waals surface area contributed by atoms with Gasteiger partial charge in [-0.05, 0) is 32.6 Å². The van der Waals surface area contributed by atoms with Crippen molar-refractivity contribution < 1.29 is 0 Å². The average molecular weight is 291 g/mol. The molecule has 0 radical (unpaired) electrons. The zero-order valence-corrected chi connectivity index (χ0v) is 13.4. The largest absolute Gasteiger partial charge is 0.295 e. The van der Waals surface area contributed by atoms with E-state index < -0.39 is 0 Å². The fourth-order valence-corrected chi connectivity index (χ4v) is 4.11. The van der Waals surface area contributed by atoms with E-state index in [-0.39, 0.29) is 0 Å². The second-order valence-electron chi connectivity index (χ2n) is 6.45. The molecule has 0 aromatic carbocycles. The summed E-state index contributed by atoms with van der Waals surface area (Å²) >= 11 is 1.79. The molecule has 20 heavy (non-hydrogen) atoms. The summed E-state index contributed by atoms with van der Waals surface area (Å²) in [7, 11) is 0. The topological polar surface area (TPSA) is 19.4 Å². The van der Waals surface area contributed by atoms with Gasteiger partial charge in [0.1, 0.15) is 5.01 Å². The number of hydrogen-bond acceptors (Lipinski definition) is 4. The van der Waals surface area contributed by atoms with Crippen LogP contribution in [0.3, 0.4) is 0 Å². The summed E-state index contributed by atoms with van der Waals surface area (Å²) in [6, 6.07) is 0.740. The van der Waals surface area contributed by atoms with Crippen LogP contribution in [0.5, 0.6) is 0 Å². The highest BCUT2D eigenvalue weighted by atomic mass is 32.1. The zero-order valence-electron chi connectivity index (χ0n) is 12.6. The molecule has 4 rings (SSSR count). The van der Waals surface area contributed by atoms with Crippen LogP contribution in [0.15, 0.2) is 23.2 Å². The second-order valence-corrected chi connectivity index (χ2v) is 7.43. The summed E-state index contributed by atoms with van der Waals surface area (Å²) in [4.78, 5) is 9.77. The first-order valence-corrected chi connectivity index (χ1v) is 8.57. The van der Waals surface area contributed by atoms with Crippen LogP contribution in [-0.4, -0.2) is 47.0 Å². The molecule has 0 unspecified atom stereocenters. The van der Waals surface area contributed by atoms with Crippen LogP contribution in [0, 0.1) is 5.92 Å². The molecule has 2 atom stereocenters. The summed E-state index contributed by atoms with van der Waals surface area (Å²) in [6.45, 7) is 10.3. The first-order valence-electron chi connectivity index (χ1n) is 7.69. The molecule has 3 aliphatic heterocycles. The molecule has 0 aliphatic carbocycles. The van der Waals surface area contributed by atoms with E-state index in [0.717, 1.165) is 25.0 Å². The highest BCUT2D eigenvalue weighted by Gasteiger charge is 2.34. The summed E-state index contributed by atoms with van der Waals surface area (Å²) in [6.07, 6.45) is 7.08. The van der Waals surface area contributed by atoms with E-state index in [2.05, 4.69) is 40.1 Å². The van der Waals surface area contributed by atoms with Gasteiger partial charge in [0.25, 0.3) is 0 Å². The van der Waals surface area contributed by atoms with Crippen molar-refractivity contribution in [2.45, 2.75) is 39.3 Å². The number of fused-ring (bicyclic) bond motifs is 4. The Hall–Kier alpha value is -0.710. The molecule has 0 N–H and O–H groups in total. The third-order valence-electron chi connectivity index (χ3n) is 4.48. The summed E-state index contributed by atoms with van der Waals surface area (Å²) in [5.41, 5.74) is 1.43. The average Bonchev–Trinajstić information content (AvgIpc) is 2.77. The van der Waals surface area contributed by atoms with Crippen LogP contribution in [0.1, 0.15) is 31.7 Å². The molecular weight excluding hydrogens is 266 g/mol. The first-order chi connectivity index (χ1) is 9.70. The molecule has 110 valence electrons. The van der Waals surface area contributed by atoms with Gasteiger partial charge in [0, 0.05) is 43.8 Å². The number of aromatic nitrogens is 1. The molecule has 2 bridgehead atoms. The Morgan fingerprint density at radius 1 is 1.35 bits per heavy atom. The minimum atomic E-state index is 0.740. The monoisotopic (exact) mass is 291 g/mol. The summed E-state index contributed by atoms with van der Waals surface area (Å²) in [5, 5.41) is 3.35. The molecule has 0 amide bonds. The fourth-order valence-electron chi connectivity index (χ4n) is 3.45. The summed E-state index contributed by atoms with van der Waals surface area (Å²) in [5.74, 6) is 0.847. The quantitative estimate of drug-likeness (QED) is 0.795. The maximum atomic E-state index is 4.44. The zero-order chi connectivity index (χ0) is 13.9. The van der Waals surface area contributed by atoms with Crippen LogP contribution < -0.4 is 0 Å².